The van der Waals surface area contributed by atoms with E-state index in [0.717, 1.165) is 16.7 Å². The average Bonchev–Trinajstić information content (AvgIpc) is 3.24. The van der Waals surface area contributed by atoms with Crippen molar-refractivity contribution in [2.24, 2.45) is 22.7 Å². The van der Waals surface area contributed by atoms with E-state index in [4.69, 9.17) is 14.7 Å². The number of nitriles is 1. The van der Waals surface area contributed by atoms with Crippen LogP contribution < -0.4 is 0 Å². The number of hydrogen-bond acceptors (Lipinski definition) is 5. The van der Waals surface area contributed by atoms with E-state index < -0.39 is 52.8 Å². The second-order valence-corrected chi connectivity index (χ2v) is 14.8. The van der Waals surface area contributed by atoms with Crippen molar-refractivity contribution in [3.05, 3.63) is 52.6 Å². The van der Waals surface area contributed by atoms with Crippen LogP contribution in [-0.2, 0) is 9.47 Å². The fourth-order valence-corrected chi connectivity index (χ4v) is 9.28. The first-order valence-corrected chi connectivity index (χ1v) is 15.5. The molecule has 1 heterocycles. The Morgan fingerprint density at radius 2 is 1.61 bits per heavy atom. The Morgan fingerprint density at radius 1 is 0.955 bits per heavy atom. The molecule has 5 aliphatic rings. The minimum absolute atomic E-state index is 0.0361. The Labute approximate surface area is 254 Å². The lowest BCUT2D eigenvalue weighted by Crippen LogP contribution is -2.65. The first-order chi connectivity index (χ1) is 20.4. The van der Waals surface area contributed by atoms with Gasteiger partial charge in [0.2, 0.25) is 0 Å². The summed E-state index contributed by atoms with van der Waals surface area (Å²) >= 11 is 0. The molecule has 1 aromatic rings. The van der Waals surface area contributed by atoms with Crippen LogP contribution in [-0.4, -0.2) is 52.5 Å². The maximum Gasteiger partial charge on any atom is 0.456 e. The monoisotopic (exact) mass is 621 g/mol. The molecule has 5 nitrogen and oxygen atoms in total. The molecule has 10 heteroatoms. The van der Waals surface area contributed by atoms with Crippen LogP contribution in [0.15, 0.2) is 41.5 Å². The minimum Gasteiger partial charge on any atom is -0.385 e. The lowest BCUT2D eigenvalue weighted by Gasteiger charge is -2.59. The number of benzene rings is 1. The van der Waals surface area contributed by atoms with E-state index in [9.17, 15) is 23.4 Å². The smallest absolute Gasteiger partial charge is 0.385 e. The highest BCUT2D eigenvalue weighted by Gasteiger charge is 2.79. The number of allylic oxidation sites excluding steroid dienone is 2. The molecular weight excluding hydrogens is 581 g/mol. The molecule has 0 amide bonds. The van der Waals surface area contributed by atoms with Crippen LogP contribution in [0.3, 0.4) is 0 Å². The quantitative estimate of drug-likeness (QED) is 0.208. The zero-order valence-corrected chi connectivity index (χ0v) is 25.3. The summed E-state index contributed by atoms with van der Waals surface area (Å²) < 4.78 is 84.6. The van der Waals surface area contributed by atoms with Crippen molar-refractivity contribution in [1.29, 1.82) is 5.26 Å². The third kappa shape index (κ3) is 4.59. The van der Waals surface area contributed by atoms with Crippen LogP contribution >= 0.6 is 0 Å². The van der Waals surface area contributed by atoms with E-state index in [2.05, 4.69) is 0 Å². The van der Waals surface area contributed by atoms with Gasteiger partial charge in [-0.1, -0.05) is 50.6 Å². The lowest BCUT2D eigenvalue weighted by molar-refractivity contribution is -0.362. The molecule has 0 aromatic heterocycles. The van der Waals surface area contributed by atoms with Gasteiger partial charge in [0.05, 0.1) is 24.9 Å². The maximum absolute atomic E-state index is 15.3. The normalized spacial score (nSPS) is 38.2. The second-order valence-electron chi connectivity index (χ2n) is 14.8. The number of nitrogens with zero attached hydrogens (tertiary/aromatic N) is 1. The molecule has 1 aromatic carbocycles. The summed E-state index contributed by atoms with van der Waals surface area (Å²) in [5, 5.41) is 32.6. The summed E-state index contributed by atoms with van der Waals surface area (Å²) in [6.45, 7) is 6.47. The molecule has 5 unspecified atom stereocenters. The Bertz CT molecular complexity index is 1400. The van der Waals surface area contributed by atoms with Gasteiger partial charge >= 0.3 is 12.1 Å². The van der Waals surface area contributed by atoms with E-state index in [1.807, 2.05) is 19.9 Å². The van der Waals surface area contributed by atoms with E-state index in [0.29, 0.717) is 44.5 Å². The summed E-state index contributed by atoms with van der Waals surface area (Å²) in [4.78, 5) is 0. The van der Waals surface area contributed by atoms with Crippen LogP contribution in [0, 0.1) is 34.0 Å². The van der Waals surface area contributed by atoms with Gasteiger partial charge in [-0.25, -0.2) is 0 Å². The van der Waals surface area contributed by atoms with Gasteiger partial charge in [0.1, 0.15) is 5.60 Å². The summed E-state index contributed by atoms with van der Waals surface area (Å²) in [7, 11) is 0. The molecular formula is C34H40F5NO4. The number of hydrogen-bond donors (Lipinski definition) is 2. The predicted octanol–water partition coefficient (Wildman–Crippen LogP) is 7.45. The van der Waals surface area contributed by atoms with E-state index in [1.165, 1.54) is 13.0 Å². The molecule has 3 saturated carbocycles. The first-order valence-electron chi connectivity index (χ1n) is 15.5. The zero-order chi connectivity index (χ0) is 32.0. The van der Waals surface area contributed by atoms with Crippen LogP contribution in [0.5, 0.6) is 0 Å². The first kappa shape index (κ1) is 31.7. The van der Waals surface area contributed by atoms with Gasteiger partial charge in [-0.15, -0.1) is 0 Å². The summed E-state index contributed by atoms with van der Waals surface area (Å²) in [5.74, 6) is -7.79. The third-order valence-electron chi connectivity index (χ3n) is 11.6. The molecule has 1 aliphatic heterocycles. The molecule has 2 N–H and O–H groups in total. The van der Waals surface area contributed by atoms with Crippen molar-refractivity contribution in [2.45, 2.75) is 107 Å². The second kappa shape index (κ2) is 10.1. The lowest BCUT2D eigenvalue weighted by atomic mass is 9.49. The SMILES string of the molecule is CC1(C)COC2(CCC3=C4C(CCC3(O)C2)C2CCC(O)(C(F)(F)C(F)(F)F)C2(C)C[C@@H]4c2ccc(C=CC#N)cc2)OC1. The van der Waals surface area contributed by atoms with Gasteiger partial charge in [0.15, 0.2) is 5.79 Å². The highest BCUT2D eigenvalue weighted by molar-refractivity contribution is 5.53. The van der Waals surface area contributed by atoms with Gasteiger partial charge < -0.3 is 19.7 Å². The van der Waals surface area contributed by atoms with Crippen LogP contribution in [0.25, 0.3) is 6.08 Å². The zero-order valence-electron chi connectivity index (χ0n) is 25.3. The Kier molecular flexibility index (Phi) is 7.26. The third-order valence-corrected chi connectivity index (χ3v) is 11.6. The van der Waals surface area contributed by atoms with Crippen molar-refractivity contribution in [1.82, 2.24) is 0 Å². The Balaban J connectivity index is 1.45. The summed E-state index contributed by atoms with van der Waals surface area (Å²) in [5.41, 5.74) is -3.26. The minimum atomic E-state index is -5.90. The van der Waals surface area contributed by atoms with Gasteiger partial charge in [-0.3, -0.25) is 0 Å². The van der Waals surface area contributed by atoms with Gasteiger partial charge in [0.25, 0.3) is 0 Å². The number of fused-ring (bicyclic) bond motifs is 4. The molecule has 4 fully saturated rings. The number of ether oxygens (including phenoxy) is 2. The fraction of sp³-hybridized carbons (Fsp3) is 0.676. The maximum atomic E-state index is 15.3. The van der Waals surface area contributed by atoms with Crippen LogP contribution in [0.1, 0.15) is 89.2 Å². The molecule has 44 heavy (non-hydrogen) atoms. The Hall–Kier alpha value is -2.32. The highest BCUT2D eigenvalue weighted by atomic mass is 19.4. The average molecular weight is 622 g/mol. The van der Waals surface area contributed by atoms with Gasteiger partial charge in [-0.2, -0.15) is 27.2 Å². The van der Waals surface area contributed by atoms with Crippen molar-refractivity contribution in [2.75, 3.05) is 13.2 Å². The molecule has 4 aliphatic carbocycles. The standard InChI is InChI=1S/C34H40F5NO4/c1-28(2)19-43-31(44-20-28)14-11-26-27-23(10-13-30(26,41)18-31)25-12-15-32(42,33(35,36)34(37,38)39)29(25,3)17-24(27)22-8-6-21(7-9-22)5-4-16-40/h4-9,23-25,41-42H,10-15,17-20H2,1-3H3/t23?,24-,25?,29?,30?,32?/m1/s1. The van der Waals surface area contributed by atoms with E-state index >= 15 is 8.78 Å². The molecule has 0 bridgehead atoms. The molecule has 6 rings (SSSR count). The molecule has 1 saturated heterocycles. The number of halogens is 5. The Morgan fingerprint density at radius 3 is 2.23 bits per heavy atom. The number of alkyl halides is 5. The van der Waals surface area contributed by atoms with Crippen LogP contribution in [0.2, 0.25) is 0 Å². The topological polar surface area (TPSA) is 82.7 Å². The largest absolute Gasteiger partial charge is 0.456 e. The van der Waals surface area contributed by atoms with E-state index in [-0.39, 0.29) is 30.6 Å². The van der Waals surface area contributed by atoms with Gasteiger partial charge in [-0.05, 0) is 73.1 Å². The molecule has 240 valence electrons. The van der Waals surface area contributed by atoms with E-state index in [1.54, 1.807) is 30.3 Å². The van der Waals surface area contributed by atoms with Crippen molar-refractivity contribution < 1.29 is 41.6 Å². The highest BCUT2D eigenvalue weighted by Crippen LogP contribution is 2.71. The van der Waals surface area contributed by atoms with Crippen molar-refractivity contribution in [3.8, 4) is 6.07 Å². The molecule has 1 spiro atoms. The van der Waals surface area contributed by atoms with Crippen molar-refractivity contribution >= 4 is 6.08 Å². The number of aliphatic hydroxyl groups is 2. The van der Waals surface area contributed by atoms with Gasteiger partial charge in [0, 0.05) is 35.7 Å². The summed E-state index contributed by atoms with van der Waals surface area (Å²) in [6, 6.07) is 9.10. The predicted molar refractivity (Wildman–Crippen MR) is 152 cm³/mol. The number of rotatable bonds is 3. The van der Waals surface area contributed by atoms with Crippen molar-refractivity contribution in [3.63, 3.8) is 0 Å². The van der Waals surface area contributed by atoms with Crippen LogP contribution in [0.4, 0.5) is 22.0 Å². The summed E-state index contributed by atoms with van der Waals surface area (Å²) in [6.07, 6.45) is -1.81. The molecule has 0 radical (unpaired) electrons. The molecule has 6 atom stereocenters. The fourth-order valence-electron chi connectivity index (χ4n) is 9.28.